The molecule has 0 spiro atoms. The molecule has 0 unspecified atom stereocenters. The van der Waals surface area contributed by atoms with E-state index in [2.05, 4.69) is 0 Å². The fourth-order valence-corrected chi connectivity index (χ4v) is 3.89. The lowest BCUT2D eigenvalue weighted by Gasteiger charge is -2.27. The monoisotopic (exact) mass is 419 g/mol. The van der Waals surface area contributed by atoms with E-state index < -0.39 is 6.04 Å². The van der Waals surface area contributed by atoms with Gasteiger partial charge in [-0.1, -0.05) is 65.7 Å². The van der Waals surface area contributed by atoms with Gasteiger partial charge in [-0.05, 0) is 47.9 Å². The maximum absolute atomic E-state index is 13.1. The Morgan fingerprint density at radius 2 is 1.60 bits per heavy atom. The molecular formula is C25H22ClNO3. The zero-order valence-electron chi connectivity index (χ0n) is 16.8. The van der Waals surface area contributed by atoms with Crippen LogP contribution in [0.2, 0.25) is 5.02 Å². The molecule has 0 aromatic heterocycles. The molecule has 1 atom stereocenters. The quantitative estimate of drug-likeness (QED) is 0.576. The Balaban J connectivity index is 1.79. The molecule has 0 saturated heterocycles. The van der Waals surface area contributed by atoms with Crippen molar-refractivity contribution in [2.75, 3.05) is 7.11 Å². The fourth-order valence-electron chi connectivity index (χ4n) is 3.76. The smallest absolute Gasteiger partial charge is 0.290 e. The van der Waals surface area contributed by atoms with Crippen molar-refractivity contribution in [2.24, 2.45) is 0 Å². The van der Waals surface area contributed by atoms with E-state index in [-0.39, 0.29) is 11.7 Å². The Labute approximate surface area is 181 Å². The third kappa shape index (κ3) is 3.79. The van der Waals surface area contributed by atoms with Gasteiger partial charge in [0.05, 0.1) is 13.2 Å². The van der Waals surface area contributed by atoms with Gasteiger partial charge in [-0.15, -0.1) is 0 Å². The highest BCUT2D eigenvalue weighted by Gasteiger charge is 2.40. The first-order valence-electron chi connectivity index (χ1n) is 9.67. The third-order valence-electron chi connectivity index (χ3n) is 5.36. The maximum atomic E-state index is 13.1. The zero-order chi connectivity index (χ0) is 21.3. The number of aliphatic hydroxyl groups excluding tert-OH is 1. The van der Waals surface area contributed by atoms with Gasteiger partial charge in [-0.3, -0.25) is 4.79 Å². The molecular weight excluding hydrogens is 398 g/mol. The highest BCUT2D eigenvalue weighted by Crippen LogP contribution is 2.44. The van der Waals surface area contributed by atoms with Crippen LogP contribution in [-0.2, 0) is 11.3 Å². The lowest BCUT2D eigenvalue weighted by molar-refractivity contribution is -0.130. The number of hydrogen-bond acceptors (Lipinski definition) is 3. The summed E-state index contributed by atoms with van der Waals surface area (Å²) in [6.07, 6.45) is 0. The molecule has 0 bridgehead atoms. The van der Waals surface area contributed by atoms with Gasteiger partial charge < -0.3 is 14.7 Å². The number of aryl methyl sites for hydroxylation is 1. The van der Waals surface area contributed by atoms with Crippen LogP contribution in [0.25, 0.3) is 5.57 Å². The van der Waals surface area contributed by atoms with E-state index in [1.54, 1.807) is 24.1 Å². The molecule has 1 amide bonds. The number of nitrogens with zero attached hydrogens (tertiary/aromatic N) is 1. The molecule has 1 aliphatic rings. The SMILES string of the molecule is COc1ccc(C2=C(O)C(=O)N(Cc3ccc(Cl)cc3)[C@H]2c2ccc(C)cc2)cc1. The number of rotatable bonds is 5. The van der Waals surface area contributed by atoms with Crippen molar-refractivity contribution in [1.82, 2.24) is 4.90 Å². The third-order valence-corrected chi connectivity index (χ3v) is 5.62. The van der Waals surface area contributed by atoms with E-state index >= 15 is 0 Å². The van der Waals surface area contributed by atoms with Gasteiger partial charge in [0.1, 0.15) is 5.75 Å². The Hall–Kier alpha value is -3.24. The predicted octanol–water partition coefficient (Wildman–Crippen LogP) is 5.71. The average Bonchev–Trinajstić information content (AvgIpc) is 3.01. The van der Waals surface area contributed by atoms with Crippen molar-refractivity contribution in [3.63, 3.8) is 0 Å². The number of methoxy groups -OCH3 is 1. The first kappa shape index (κ1) is 20.0. The highest BCUT2D eigenvalue weighted by atomic mass is 35.5. The van der Waals surface area contributed by atoms with E-state index in [0.717, 1.165) is 22.3 Å². The summed E-state index contributed by atoms with van der Waals surface area (Å²) in [5.41, 5.74) is 4.39. The normalized spacial score (nSPS) is 16.3. The minimum atomic E-state index is -0.401. The molecule has 30 heavy (non-hydrogen) atoms. The number of benzene rings is 3. The molecule has 0 radical (unpaired) electrons. The van der Waals surface area contributed by atoms with Crippen molar-refractivity contribution in [2.45, 2.75) is 19.5 Å². The fraction of sp³-hybridized carbons (Fsp3) is 0.160. The summed E-state index contributed by atoms with van der Waals surface area (Å²) in [5.74, 6) is 0.106. The van der Waals surface area contributed by atoms with Crippen molar-refractivity contribution >= 4 is 23.1 Å². The van der Waals surface area contributed by atoms with Gasteiger partial charge >= 0.3 is 0 Å². The number of carbonyl (C=O) groups excluding carboxylic acids is 1. The van der Waals surface area contributed by atoms with Gasteiger partial charge in [0.2, 0.25) is 0 Å². The Bertz CT molecular complexity index is 1090. The molecule has 1 aliphatic heterocycles. The average molecular weight is 420 g/mol. The number of amides is 1. The van der Waals surface area contributed by atoms with Gasteiger partial charge in [-0.25, -0.2) is 0 Å². The molecule has 0 saturated carbocycles. The van der Waals surface area contributed by atoms with Crippen LogP contribution in [0, 0.1) is 6.92 Å². The van der Waals surface area contributed by atoms with Crippen LogP contribution in [-0.4, -0.2) is 23.0 Å². The van der Waals surface area contributed by atoms with E-state index in [1.807, 2.05) is 67.6 Å². The molecule has 152 valence electrons. The van der Waals surface area contributed by atoms with Crippen LogP contribution in [0.15, 0.2) is 78.6 Å². The summed E-state index contributed by atoms with van der Waals surface area (Å²) in [6, 6.07) is 22.4. The molecule has 5 heteroatoms. The Morgan fingerprint density at radius 1 is 0.967 bits per heavy atom. The van der Waals surface area contributed by atoms with Gasteiger partial charge in [0.25, 0.3) is 5.91 Å². The van der Waals surface area contributed by atoms with Crippen LogP contribution < -0.4 is 4.74 Å². The van der Waals surface area contributed by atoms with Crippen LogP contribution in [0.4, 0.5) is 0 Å². The van der Waals surface area contributed by atoms with Crippen molar-refractivity contribution in [1.29, 1.82) is 0 Å². The first-order valence-corrected chi connectivity index (χ1v) is 10.1. The largest absolute Gasteiger partial charge is 0.503 e. The van der Waals surface area contributed by atoms with Gasteiger partial charge in [0.15, 0.2) is 5.76 Å². The second kappa shape index (κ2) is 8.25. The van der Waals surface area contributed by atoms with Crippen LogP contribution in [0.1, 0.15) is 28.3 Å². The van der Waals surface area contributed by atoms with Crippen molar-refractivity contribution < 1.29 is 14.6 Å². The molecule has 1 heterocycles. The van der Waals surface area contributed by atoms with Gasteiger partial charge in [-0.2, -0.15) is 0 Å². The zero-order valence-corrected chi connectivity index (χ0v) is 17.6. The highest BCUT2D eigenvalue weighted by molar-refractivity contribution is 6.30. The maximum Gasteiger partial charge on any atom is 0.290 e. The number of halogens is 1. The molecule has 3 aromatic rings. The summed E-state index contributed by atoms with van der Waals surface area (Å²) >= 11 is 6.01. The lowest BCUT2D eigenvalue weighted by Crippen LogP contribution is -2.29. The van der Waals surface area contributed by atoms with Crippen LogP contribution in [0.5, 0.6) is 5.75 Å². The van der Waals surface area contributed by atoms with E-state index in [4.69, 9.17) is 16.3 Å². The summed E-state index contributed by atoms with van der Waals surface area (Å²) < 4.78 is 5.25. The molecule has 4 nitrogen and oxygen atoms in total. The van der Waals surface area contributed by atoms with Crippen LogP contribution in [0.3, 0.4) is 0 Å². The topological polar surface area (TPSA) is 49.8 Å². The first-order chi connectivity index (χ1) is 14.5. The van der Waals surface area contributed by atoms with E-state index in [1.165, 1.54) is 0 Å². The Morgan fingerprint density at radius 3 is 2.20 bits per heavy atom. The summed E-state index contributed by atoms with van der Waals surface area (Å²) in [7, 11) is 1.60. The minimum Gasteiger partial charge on any atom is -0.503 e. The van der Waals surface area contributed by atoms with Crippen LogP contribution >= 0.6 is 11.6 Å². The minimum absolute atomic E-state index is 0.222. The van der Waals surface area contributed by atoms with Crippen molar-refractivity contribution in [3.8, 4) is 5.75 Å². The summed E-state index contributed by atoms with van der Waals surface area (Å²) in [6.45, 7) is 2.38. The number of hydrogen-bond donors (Lipinski definition) is 1. The number of carbonyl (C=O) groups is 1. The summed E-state index contributed by atoms with van der Waals surface area (Å²) in [4.78, 5) is 14.8. The Kier molecular flexibility index (Phi) is 5.51. The molecule has 0 fully saturated rings. The van der Waals surface area contributed by atoms with E-state index in [0.29, 0.717) is 22.9 Å². The second-order valence-corrected chi connectivity index (χ2v) is 7.80. The number of aliphatic hydroxyl groups is 1. The predicted molar refractivity (Wildman–Crippen MR) is 118 cm³/mol. The molecule has 0 aliphatic carbocycles. The van der Waals surface area contributed by atoms with Crippen molar-refractivity contribution in [3.05, 3.63) is 106 Å². The van der Waals surface area contributed by atoms with Gasteiger partial charge in [0, 0.05) is 17.1 Å². The van der Waals surface area contributed by atoms with E-state index in [9.17, 15) is 9.90 Å². The lowest BCUT2D eigenvalue weighted by atomic mass is 9.93. The molecule has 4 rings (SSSR count). The second-order valence-electron chi connectivity index (χ2n) is 7.36. The standard InChI is InChI=1S/C25H22ClNO3/c1-16-3-7-19(8-4-16)23-22(18-9-13-21(30-2)14-10-18)24(28)25(29)27(23)15-17-5-11-20(26)12-6-17/h3-14,23,28H,15H2,1-2H3/t23-/m0/s1. The summed E-state index contributed by atoms with van der Waals surface area (Å²) in [5, 5.41) is 11.5. The molecule has 3 aromatic carbocycles. The molecule has 1 N–H and O–H groups in total. The number of ether oxygens (including phenoxy) is 1.